The van der Waals surface area contributed by atoms with Crippen molar-refractivity contribution in [1.29, 1.82) is 0 Å². The zero-order valence-electron chi connectivity index (χ0n) is 12.1. The van der Waals surface area contributed by atoms with E-state index in [1.165, 1.54) is 0 Å². The number of nitrogens with one attached hydrogen (secondary N) is 1. The molecule has 108 valence electrons. The van der Waals surface area contributed by atoms with Crippen molar-refractivity contribution < 1.29 is 9.21 Å². The average Bonchev–Trinajstić information content (AvgIpc) is 2.96. The smallest absolute Gasteiger partial charge is 0.268 e. The number of carbonyl (C=O) groups is 1. The molecule has 0 unspecified atom stereocenters. The molecular weight excluding hydrogens is 254 g/mol. The largest absolute Gasteiger partial charge is 0.463 e. The number of likely N-dealkylation sites (N-methyl/N-ethyl adjacent to an activating group) is 1. The highest BCUT2D eigenvalue weighted by Crippen LogP contribution is 2.21. The molecule has 0 aromatic carbocycles. The maximum absolute atomic E-state index is 12.3. The van der Waals surface area contributed by atoms with Crippen molar-refractivity contribution >= 4 is 17.0 Å². The van der Waals surface area contributed by atoms with Crippen molar-refractivity contribution in [1.82, 2.24) is 14.8 Å². The van der Waals surface area contributed by atoms with Crippen LogP contribution in [0.1, 0.15) is 16.9 Å². The number of allylic oxidation sites excluding steroid dienone is 1. The highest BCUT2D eigenvalue weighted by atomic mass is 16.3. The highest BCUT2D eigenvalue weighted by Gasteiger charge is 2.16. The van der Waals surface area contributed by atoms with E-state index in [-0.39, 0.29) is 5.91 Å². The van der Waals surface area contributed by atoms with Gasteiger partial charge in [-0.05, 0) is 20.5 Å². The van der Waals surface area contributed by atoms with E-state index < -0.39 is 0 Å². The van der Waals surface area contributed by atoms with Crippen molar-refractivity contribution in [2.75, 3.05) is 27.2 Å². The van der Waals surface area contributed by atoms with E-state index in [1.54, 1.807) is 12.3 Å². The van der Waals surface area contributed by atoms with E-state index in [1.807, 2.05) is 35.7 Å². The number of rotatable bonds is 7. The van der Waals surface area contributed by atoms with Gasteiger partial charge < -0.3 is 19.2 Å². The topological polar surface area (TPSA) is 50.4 Å². The fourth-order valence-electron chi connectivity index (χ4n) is 2.11. The van der Waals surface area contributed by atoms with Crippen LogP contribution in [0.5, 0.6) is 0 Å². The van der Waals surface area contributed by atoms with E-state index in [9.17, 15) is 4.79 Å². The molecule has 0 bridgehead atoms. The van der Waals surface area contributed by atoms with Crippen molar-refractivity contribution in [2.45, 2.75) is 13.0 Å². The third-order valence-electron chi connectivity index (χ3n) is 3.16. The summed E-state index contributed by atoms with van der Waals surface area (Å²) in [6.07, 6.45) is 4.30. The first-order valence-electron chi connectivity index (χ1n) is 6.74. The Morgan fingerprint density at radius 2 is 2.35 bits per heavy atom. The molecule has 0 spiro atoms. The lowest BCUT2D eigenvalue weighted by molar-refractivity contribution is 0.0942. The zero-order valence-corrected chi connectivity index (χ0v) is 12.1. The predicted octanol–water partition coefficient (Wildman–Crippen LogP) is 2.10. The van der Waals surface area contributed by atoms with E-state index in [4.69, 9.17) is 4.42 Å². The molecule has 0 fully saturated rings. The van der Waals surface area contributed by atoms with Crippen LogP contribution in [-0.2, 0) is 6.54 Å². The standard InChI is InChI=1S/C15H21N3O2/c1-4-5-8-18-12-6-10-20-14(12)11-13(18)15(19)16-7-9-17(2)3/h4,6,10-11H,1,5,7-9H2,2-3H3,(H,16,19). The first kappa shape index (κ1) is 14.4. The lowest BCUT2D eigenvalue weighted by Gasteiger charge is -2.12. The van der Waals surface area contributed by atoms with Crippen LogP contribution < -0.4 is 5.32 Å². The second-order valence-electron chi connectivity index (χ2n) is 4.99. The molecule has 2 heterocycles. The Balaban J connectivity index is 2.16. The summed E-state index contributed by atoms with van der Waals surface area (Å²) in [5, 5.41) is 2.93. The normalized spacial score (nSPS) is 11.2. The van der Waals surface area contributed by atoms with E-state index in [2.05, 4.69) is 11.9 Å². The molecule has 0 saturated carbocycles. The Morgan fingerprint density at radius 3 is 3.05 bits per heavy atom. The quantitative estimate of drug-likeness (QED) is 0.787. The molecule has 0 aliphatic heterocycles. The first-order chi connectivity index (χ1) is 9.63. The van der Waals surface area contributed by atoms with Gasteiger partial charge in [-0.3, -0.25) is 4.79 Å². The Bertz CT molecular complexity index is 595. The Hall–Kier alpha value is -2.01. The maximum atomic E-state index is 12.3. The van der Waals surface area contributed by atoms with Gasteiger partial charge in [0.1, 0.15) is 5.69 Å². The van der Waals surface area contributed by atoms with Crippen molar-refractivity contribution in [3.05, 3.63) is 36.7 Å². The number of furan rings is 1. The van der Waals surface area contributed by atoms with Gasteiger partial charge in [-0.15, -0.1) is 6.58 Å². The summed E-state index contributed by atoms with van der Waals surface area (Å²) in [5.74, 6) is -0.0673. The van der Waals surface area contributed by atoms with Crippen LogP contribution >= 0.6 is 0 Å². The molecule has 0 radical (unpaired) electrons. The molecule has 0 aliphatic carbocycles. The van der Waals surface area contributed by atoms with E-state index in [0.29, 0.717) is 12.2 Å². The number of nitrogens with zero attached hydrogens (tertiary/aromatic N) is 2. The van der Waals surface area contributed by atoms with Gasteiger partial charge in [0.25, 0.3) is 5.91 Å². The molecule has 5 heteroatoms. The summed E-state index contributed by atoms with van der Waals surface area (Å²) < 4.78 is 7.35. The summed E-state index contributed by atoms with van der Waals surface area (Å²) in [6.45, 7) is 5.89. The van der Waals surface area contributed by atoms with Gasteiger partial charge in [0.2, 0.25) is 0 Å². The van der Waals surface area contributed by atoms with Crippen LogP contribution in [-0.4, -0.2) is 42.6 Å². The Kier molecular flexibility index (Phi) is 4.63. The number of carbonyl (C=O) groups excluding carboxylic acids is 1. The molecule has 2 aromatic rings. The second kappa shape index (κ2) is 6.43. The summed E-state index contributed by atoms with van der Waals surface area (Å²) >= 11 is 0. The van der Waals surface area contributed by atoms with Crippen LogP contribution in [0.4, 0.5) is 0 Å². The minimum absolute atomic E-state index is 0.0673. The summed E-state index contributed by atoms with van der Waals surface area (Å²) in [7, 11) is 3.96. The molecule has 0 aliphatic rings. The molecule has 20 heavy (non-hydrogen) atoms. The number of hydrogen-bond donors (Lipinski definition) is 1. The number of aromatic nitrogens is 1. The number of hydrogen-bond acceptors (Lipinski definition) is 3. The zero-order chi connectivity index (χ0) is 14.5. The van der Waals surface area contributed by atoms with Crippen LogP contribution in [0.25, 0.3) is 11.1 Å². The van der Waals surface area contributed by atoms with Gasteiger partial charge >= 0.3 is 0 Å². The Labute approximate surface area is 118 Å². The van der Waals surface area contributed by atoms with Gasteiger partial charge in [-0.1, -0.05) is 6.08 Å². The SMILES string of the molecule is C=CCCn1c(C(=O)NCCN(C)C)cc2occc21. The molecule has 0 saturated heterocycles. The average molecular weight is 275 g/mol. The predicted molar refractivity (Wildman–Crippen MR) is 79.9 cm³/mol. The van der Waals surface area contributed by atoms with E-state index in [0.717, 1.165) is 30.6 Å². The first-order valence-corrected chi connectivity index (χ1v) is 6.74. The van der Waals surface area contributed by atoms with Crippen molar-refractivity contribution in [3.63, 3.8) is 0 Å². The molecule has 5 nitrogen and oxygen atoms in total. The van der Waals surface area contributed by atoms with Crippen LogP contribution in [0.3, 0.4) is 0 Å². The van der Waals surface area contributed by atoms with Gasteiger partial charge in [0.15, 0.2) is 5.58 Å². The number of aryl methyl sites for hydroxylation is 1. The second-order valence-corrected chi connectivity index (χ2v) is 4.99. The molecule has 0 atom stereocenters. The molecule has 1 N–H and O–H groups in total. The minimum Gasteiger partial charge on any atom is -0.463 e. The number of amides is 1. The minimum atomic E-state index is -0.0673. The van der Waals surface area contributed by atoms with Gasteiger partial charge in [0.05, 0.1) is 11.8 Å². The molecule has 2 rings (SSSR count). The Morgan fingerprint density at radius 1 is 1.55 bits per heavy atom. The molecular formula is C15H21N3O2. The van der Waals surface area contributed by atoms with Gasteiger partial charge in [-0.2, -0.15) is 0 Å². The third kappa shape index (κ3) is 3.11. The summed E-state index contributed by atoms with van der Waals surface area (Å²) in [6, 6.07) is 3.68. The fourth-order valence-corrected chi connectivity index (χ4v) is 2.11. The summed E-state index contributed by atoms with van der Waals surface area (Å²) in [4.78, 5) is 14.3. The monoisotopic (exact) mass is 275 g/mol. The molecule has 1 amide bonds. The van der Waals surface area contributed by atoms with Crippen LogP contribution in [0.2, 0.25) is 0 Å². The summed E-state index contributed by atoms with van der Waals surface area (Å²) in [5.41, 5.74) is 2.33. The van der Waals surface area contributed by atoms with Crippen LogP contribution in [0, 0.1) is 0 Å². The lowest BCUT2D eigenvalue weighted by Crippen LogP contribution is -2.32. The fraction of sp³-hybridized carbons (Fsp3) is 0.400. The molecule has 2 aromatic heterocycles. The number of fused-ring (bicyclic) bond motifs is 1. The van der Waals surface area contributed by atoms with Gasteiger partial charge in [-0.25, -0.2) is 0 Å². The highest BCUT2D eigenvalue weighted by molar-refractivity contribution is 5.97. The van der Waals surface area contributed by atoms with Gasteiger partial charge in [0, 0.05) is 31.8 Å². The van der Waals surface area contributed by atoms with Crippen molar-refractivity contribution in [3.8, 4) is 0 Å². The maximum Gasteiger partial charge on any atom is 0.268 e. The van der Waals surface area contributed by atoms with Crippen LogP contribution in [0.15, 0.2) is 35.5 Å². The lowest BCUT2D eigenvalue weighted by atomic mass is 10.3. The van der Waals surface area contributed by atoms with Crippen molar-refractivity contribution in [2.24, 2.45) is 0 Å². The third-order valence-corrected chi connectivity index (χ3v) is 3.16. The van der Waals surface area contributed by atoms with E-state index >= 15 is 0 Å².